The van der Waals surface area contributed by atoms with Gasteiger partial charge in [0.25, 0.3) is 6.17 Å². The molecule has 7 aromatic carbocycles. The predicted octanol–water partition coefficient (Wildman–Crippen LogP) is 10.5. The van der Waals surface area contributed by atoms with Crippen molar-refractivity contribution in [1.29, 1.82) is 0 Å². The molecule has 1 N–H and O–H groups in total. The minimum atomic E-state index is -0.0513. The van der Waals surface area contributed by atoms with Crippen LogP contribution in [0.25, 0.3) is 65.5 Å². The quantitative estimate of drug-likeness (QED) is 0.161. The summed E-state index contributed by atoms with van der Waals surface area (Å²) in [6.07, 6.45) is -0.0513. The molecule has 4 nitrogen and oxygen atoms in total. The minimum Gasteiger partial charge on any atom is -0.456 e. The molecule has 0 fully saturated rings. The SMILES string of the molecule is c1ccc([N+]2=C(c3nc(-c4ccc5c(ccc6ccccc65)c4)cc4oc5ccccc5c34)NC2c2ccc3ccccc3c2)cc1. The average molecular weight is 603 g/mol. The van der Waals surface area contributed by atoms with Crippen molar-refractivity contribution in [2.45, 2.75) is 6.17 Å². The van der Waals surface area contributed by atoms with Gasteiger partial charge in [-0.05, 0) is 68.7 Å². The summed E-state index contributed by atoms with van der Waals surface area (Å²) in [4.78, 5) is 5.44. The normalized spacial score (nSPS) is 14.7. The summed E-state index contributed by atoms with van der Waals surface area (Å²) in [5, 5.41) is 13.3. The third-order valence-corrected chi connectivity index (χ3v) is 9.52. The van der Waals surface area contributed by atoms with Gasteiger partial charge in [-0.3, -0.25) is 0 Å². The number of aromatic nitrogens is 1. The van der Waals surface area contributed by atoms with Crippen molar-refractivity contribution in [1.82, 2.24) is 10.3 Å². The van der Waals surface area contributed by atoms with Crippen molar-refractivity contribution >= 4 is 65.8 Å². The highest BCUT2D eigenvalue weighted by Crippen LogP contribution is 2.38. The Morgan fingerprint density at radius 3 is 2.13 bits per heavy atom. The number of hydrogen-bond acceptors (Lipinski definition) is 3. The fourth-order valence-electron chi connectivity index (χ4n) is 7.22. The van der Waals surface area contributed by atoms with Gasteiger partial charge in [0, 0.05) is 22.6 Å². The third-order valence-electron chi connectivity index (χ3n) is 9.52. The average Bonchev–Trinajstić information content (AvgIpc) is 3.50. The zero-order valence-electron chi connectivity index (χ0n) is 25.4. The standard InChI is InChI=1S/C43H27N3O/c1-2-13-33(14-3-1)46-42(32-21-18-27-10-4-5-12-29(27)24-32)45-43(46)41-40-36-16-8-9-17-38(36)47-39(40)26-37(44-41)31-22-23-35-30(25-31)20-19-28-11-6-7-15-34(28)35/h1-26,42H/p+1. The Hall–Kier alpha value is -6.26. The second-order valence-corrected chi connectivity index (χ2v) is 12.3. The first-order valence-electron chi connectivity index (χ1n) is 16.0. The highest BCUT2D eigenvalue weighted by Gasteiger charge is 2.43. The largest absolute Gasteiger partial charge is 0.456 e. The van der Waals surface area contributed by atoms with Crippen LogP contribution in [0, 0.1) is 0 Å². The molecule has 0 bridgehead atoms. The molecule has 2 aromatic heterocycles. The Kier molecular flexibility index (Phi) is 5.60. The molecule has 0 spiro atoms. The van der Waals surface area contributed by atoms with E-state index in [2.05, 4.69) is 155 Å². The first kappa shape index (κ1) is 26.0. The predicted molar refractivity (Wildman–Crippen MR) is 192 cm³/mol. The Labute approximate surface area is 270 Å². The van der Waals surface area contributed by atoms with Gasteiger partial charge >= 0.3 is 5.84 Å². The highest BCUT2D eigenvalue weighted by molar-refractivity contribution is 6.17. The van der Waals surface area contributed by atoms with E-state index in [0.29, 0.717) is 0 Å². The van der Waals surface area contributed by atoms with Gasteiger partial charge in [0.1, 0.15) is 16.9 Å². The van der Waals surface area contributed by atoms with Gasteiger partial charge in [-0.2, -0.15) is 4.58 Å². The fraction of sp³-hybridized carbons (Fsp3) is 0.0233. The van der Waals surface area contributed by atoms with Gasteiger partial charge in [-0.1, -0.05) is 115 Å². The number of nitrogens with zero attached hydrogens (tertiary/aromatic N) is 2. The van der Waals surface area contributed by atoms with Crippen LogP contribution in [0.1, 0.15) is 17.4 Å². The van der Waals surface area contributed by atoms with Crippen LogP contribution in [0.15, 0.2) is 162 Å². The molecule has 47 heavy (non-hydrogen) atoms. The molecule has 1 atom stereocenters. The molecule has 0 saturated carbocycles. The summed E-state index contributed by atoms with van der Waals surface area (Å²) in [6.45, 7) is 0. The van der Waals surface area contributed by atoms with Crippen molar-refractivity contribution in [3.8, 4) is 11.3 Å². The highest BCUT2D eigenvalue weighted by atomic mass is 16.3. The second-order valence-electron chi connectivity index (χ2n) is 12.3. The summed E-state index contributed by atoms with van der Waals surface area (Å²) in [5.41, 5.74) is 6.77. The lowest BCUT2D eigenvalue weighted by molar-refractivity contribution is -0.531. The molecule has 0 aliphatic carbocycles. The first-order valence-corrected chi connectivity index (χ1v) is 16.0. The van der Waals surface area contributed by atoms with Gasteiger partial charge in [0.15, 0.2) is 5.69 Å². The van der Waals surface area contributed by atoms with Crippen molar-refractivity contribution in [3.05, 3.63) is 169 Å². The summed E-state index contributed by atoms with van der Waals surface area (Å²) in [5.74, 6) is 0.958. The van der Waals surface area contributed by atoms with Crippen molar-refractivity contribution in [3.63, 3.8) is 0 Å². The van der Waals surface area contributed by atoms with Gasteiger partial charge in [-0.25, -0.2) is 10.3 Å². The molecular weight excluding hydrogens is 574 g/mol. The van der Waals surface area contributed by atoms with Crippen LogP contribution in [-0.2, 0) is 0 Å². The van der Waals surface area contributed by atoms with Gasteiger partial charge < -0.3 is 4.42 Å². The molecule has 0 radical (unpaired) electrons. The van der Waals surface area contributed by atoms with Crippen molar-refractivity contribution in [2.24, 2.45) is 0 Å². The van der Waals surface area contributed by atoms with Crippen LogP contribution in [0.3, 0.4) is 0 Å². The molecular formula is C43H28N3O+. The Morgan fingerprint density at radius 1 is 0.532 bits per heavy atom. The molecule has 1 aliphatic heterocycles. The van der Waals surface area contributed by atoms with Crippen LogP contribution >= 0.6 is 0 Å². The molecule has 0 saturated heterocycles. The third kappa shape index (κ3) is 4.08. The molecule has 220 valence electrons. The zero-order valence-corrected chi connectivity index (χ0v) is 25.4. The lowest BCUT2D eigenvalue weighted by Gasteiger charge is -2.29. The van der Waals surface area contributed by atoms with E-state index in [-0.39, 0.29) is 6.17 Å². The number of benzene rings is 7. The van der Waals surface area contributed by atoms with Crippen LogP contribution in [0.4, 0.5) is 5.69 Å². The lowest BCUT2D eigenvalue weighted by atomic mass is 9.98. The van der Waals surface area contributed by atoms with E-state index >= 15 is 0 Å². The van der Waals surface area contributed by atoms with E-state index in [9.17, 15) is 0 Å². The molecule has 1 aliphatic rings. The Balaban J connectivity index is 1.21. The monoisotopic (exact) mass is 602 g/mol. The molecule has 9 aromatic rings. The molecule has 10 rings (SSSR count). The number of amidine groups is 1. The maximum atomic E-state index is 6.52. The van der Waals surface area contributed by atoms with Gasteiger partial charge in [-0.15, -0.1) is 0 Å². The first-order chi connectivity index (χ1) is 23.3. The summed E-state index contributed by atoms with van der Waals surface area (Å²) < 4.78 is 8.89. The maximum Gasteiger partial charge on any atom is 0.309 e. The van der Waals surface area contributed by atoms with E-state index in [0.717, 1.165) is 50.4 Å². The van der Waals surface area contributed by atoms with E-state index < -0.39 is 0 Å². The van der Waals surface area contributed by atoms with E-state index in [4.69, 9.17) is 9.40 Å². The Morgan fingerprint density at radius 2 is 1.23 bits per heavy atom. The van der Waals surface area contributed by atoms with Gasteiger partial charge in [0.05, 0.1) is 11.1 Å². The smallest absolute Gasteiger partial charge is 0.309 e. The second kappa shape index (κ2) is 10.1. The zero-order chi connectivity index (χ0) is 30.9. The number of rotatable bonds is 4. The van der Waals surface area contributed by atoms with E-state index in [1.807, 2.05) is 12.1 Å². The molecule has 4 heteroatoms. The van der Waals surface area contributed by atoms with Crippen LogP contribution in [0.2, 0.25) is 0 Å². The fourth-order valence-corrected chi connectivity index (χ4v) is 7.22. The molecule has 1 unspecified atom stereocenters. The minimum absolute atomic E-state index is 0.0513. The number of hydrogen-bond donors (Lipinski definition) is 1. The van der Waals surface area contributed by atoms with Crippen LogP contribution < -0.4 is 5.32 Å². The van der Waals surface area contributed by atoms with E-state index in [1.54, 1.807) is 0 Å². The summed E-state index contributed by atoms with van der Waals surface area (Å²) >= 11 is 0. The Bertz CT molecular complexity index is 2720. The van der Waals surface area contributed by atoms with E-state index in [1.165, 1.54) is 37.9 Å². The van der Waals surface area contributed by atoms with Gasteiger partial charge in [0.2, 0.25) is 0 Å². The van der Waals surface area contributed by atoms with Crippen molar-refractivity contribution < 1.29 is 8.99 Å². The molecule has 3 heterocycles. The van der Waals surface area contributed by atoms with Crippen LogP contribution in [0.5, 0.6) is 0 Å². The number of furan rings is 1. The summed E-state index contributed by atoms with van der Waals surface area (Å²) in [6, 6.07) is 55.7. The topological polar surface area (TPSA) is 41.1 Å². The summed E-state index contributed by atoms with van der Waals surface area (Å²) in [7, 11) is 0. The van der Waals surface area contributed by atoms with Crippen LogP contribution in [-0.4, -0.2) is 15.4 Å². The van der Waals surface area contributed by atoms with Crippen molar-refractivity contribution in [2.75, 3.05) is 0 Å². The lowest BCUT2D eigenvalue weighted by Crippen LogP contribution is -2.51. The maximum absolute atomic E-state index is 6.52. The molecule has 0 amide bonds. The number of fused-ring (bicyclic) bond motifs is 7. The number of pyridine rings is 1. The number of para-hydroxylation sites is 2. The number of nitrogens with one attached hydrogen (secondary N) is 1.